The summed E-state index contributed by atoms with van der Waals surface area (Å²) in [6, 6.07) is 18.9. The number of benzene rings is 4. The molecule has 0 saturated carbocycles. The largest absolute Gasteiger partial charge is 0.496 e. The molecule has 0 fully saturated rings. The zero-order valence-electron chi connectivity index (χ0n) is 38.5. The van der Waals surface area contributed by atoms with Crippen LogP contribution < -0.4 is 18.9 Å². The Morgan fingerprint density at radius 1 is 0.397 bits per heavy atom. The third-order valence-corrected chi connectivity index (χ3v) is 11.5. The van der Waals surface area contributed by atoms with Crippen molar-refractivity contribution in [2.45, 2.75) is 143 Å². The average Bonchev–Trinajstić information content (AvgIpc) is 3.11. The van der Waals surface area contributed by atoms with E-state index in [0.29, 0.717) is 38.9 Å². The van der Waals surface area contributed by atoms with Crippen LogP contribution in [-0.2, 0) is 47.3 Å². The molecule has 1 aliphatic rings. The Hall–Kier alpha value is -4.44. The maximum absolute atomic E-state index is 6.87. The molecule has 8 bridgehead atoms. The monoisotopic (exact) mass is 785 g/mol. The van der Waals surface area contributed by atoms with E-state index in [1.807, 2.05) is 26.4 Å². The second kappa shape index (κ2) is 17.4. The minimum atomic E-state index is -0.0932. The molecule has 5 rings (SSSR count). The summed E-state index contributed by atoms with van der Waals surface area (Å²) in [5.41, 5.74) is 14.0. The van der Waals surface area contributed by atoms with Crippen molar-refractivity contribution >= 4 is 0 Å². The minimum Gasteiger partial charge on any atom is -0.496 e. The normalized spacial score (nSPS) is 13.5. The van der Waals surface area contributed by atoms with Crippen molar-refractivity contribution < 1.29 is 18.9 Å². The van der Waals surface area contributed by atoms with Gasteiger partial charge < -0.3 is 18.9 Å². The highest BCUT2D eigenvalue weighted by Crippen LogP contribution is 2.44. The summed E-state index contributed by atoms with van der Waals surface area (Å²) in [7, 11) is 3.64. The van der Waals surface area contributed by atoms with E-state index >= 15 is 0 Å². The molecule has 4 heteroatoms. The van der Waals surface area contributed by atoms with Gasteiger partial charge in [0.15, 0.2) is 0 Å². The molecule has 0 atom stereocenters. The lowest BCUT2D eigenvalue weighted by molar-refractivity contribution is 0.318. The number of fused-ring (bicyclic) bond motifs is 8. The summed E-state index contributed by atoms with van der Waals surface area (Å²) >= 11 is 0. The van der Waals surface area contributed by atoms with Crippen LogP contribution in [0.5, 0.6) is 23.0 Å². The maximum atomic E-state index is 6.87. The Labute approximate surface area is 352 Å². The topological polar surface area (TPSA) is 36.9 Å². The van der Waals surface area contributed by atoms with Crippen molar-refractivity contribution in [3.05, 3.63) is 141 Å². The molecule has 0 saturated heterocycles. The van der Waals surface area contributed by atoms with E-state index in [9.17, 15) is 0 Å². The van der Waals surface area contributed by atoms with Crippen LogP contribution in [-0.4, -0.2) is 27.4 Å². The van der Waals surface area contributed by atoms with Gasteiger partial charge in [0.2, 0.25) is 0 Å². The summed E-state index contributed by atoms with van der Waals surface area (Å²) in [6.07, 6.45) is 7.99. The van der Waals surface area contributed by atoms with Gasteiger partial charge >= 0.3 is 0 Å². The second-order valence-corrected chi connectivity index (χ2v) is 20.5. The highest BCUT2D eigenvalue weighted by atomic mass is 16.5. The van der Waals surface area contributed by atoms with Gasteiger partial charge in [-0.25, -0.2) is 0 Å². The van der Waals surface area contributed by atoms with Crippen LogP contribution in [0.3, 0.4) is 0 Å². The van der Waals surface area contributed by atoms with Crippen molar-refractivity contribution in [1.82, 2.24) is 0 Å². The smallest absolute Gasteiger partial charge is 0.126 e. The SMILES string of the molecule is C=CCCOc1c2cc(C(C)(C)C)cc1Cc1cc(C(C)(C)C)cc(c1OC)Cc1cc(C(C)(C)C)cc(c1OCCC=C)Cc1cc(C(C)(C)C)cc(c1OC)C2. The van der Waals surface area contributed by atoms with Crippen LogP contribution in [0.25, 0.3) is 0 Å². The highest BCUT2D eigenvalue weighted by molar-refractivity contribution is 5.60. The van der Waals surface area contributed by atoms with Gasteiger partial charge in [-0.1, -0.05) is 144 Å². The number of hydrogen-bond acceptors (Lipinski definition) is 4. The molecule has 4 nitrogen and oxygen atoms in total. The molecule has 0 aliphatic heterocycles. The predicted octanol–water partition coefficient (Wildman–Crippen LogP) is 13.5. The molecule has 0 spiro atoms. The Morgan fingerprint density at radius 2 is 0.603 bits per heavy atom. The van der Waals surface area contributed by atoms with Gasteiger partial charge in [0.05, 0.1) is 27.4 Å². The van der Waals surface area contributed by atoms with E-state index < -0.39 is 0 Å². The molecule has 1 aliphatic carbocycles. The van der Waals surface area contributed by atoms with E-state index in [2.05, 4.69) is 145 Å². The first-order valence-electron chi connectivity index (χ1n) is 21.3. The summed E-state index contributed by atoms with van der Waals surface area (Å²) in [5, 5.41) is 0. The molecule has 0 aromatic heterocycles. The number of ether oxygens (including phenoxy) is 4. The molecule has 4 aromatic carbocycles. The van der Waals surface area contributed by atoms with Crippen molar-refractivity contribution in [3.63, 3.8) is 0 Å². The van der Waals surface area contributed by atoms with Crippen molar-refractivity contribution in [2.75, 3.05) is 27.4 Å². The molecule has 0 amide bonds. The summed E-state index contributed by atoms with van der Waals surface area (Å²) < 4.78 is 26.7. The van der Waals surface area contributed by atoms with Gasteiger partial charge in [-0.05, 0) is 101 Å². The van der Waals surface area contributed by atoms with Crippen molar-refractivity contribution in [2.24, 2.45) is 0 Å². The number of hydrogen-bond donors (Lipinski definition) is 0. The van der Waals surface area contributed by atoms with Crippen LogP contribution in [0.15, 0.2) is 73.8 Å². The Morgan fingerprint density at radius 3 is 0.776 bits per heavy atom. The molecular formula is C54H72O4. The van der Waals surface area contributed by atoms with E-state index in [1.54, 1.807) is 0 Å². The van der Waals surface area contributed by atoms with Crippen LogP contribution >= 0.6 is 0 Å². The zero-order chi connectivity index (χ0) is 42.8. The fourth-order valence-electron chi connectivity index (χ4n) is 8.00. The molecule has 58 heavy (non-hydrogen) atoms. The first-order chi connectivity index (χ1) is 27.1. The third kappa shape index (κ3) is 10.2. The fourth-order valence-corrected chi connectivity index (χ4v) is 8.00. The van der Waals surface area contributed by atoms with E-state index in [0.717, 1.165) is 80.3 Å². The molecule has 0 heterocycles. The van der Waals surface area contributed by atoms with E-state index in [1.165, 1.54) is 22.3 Å². The van der Waals surface area contributed by atoms with Crippen LogP contribution in [0.4, 0.5) is 0 Å². The minimum absolute atomic E-state index is 0.0928. The molecule has 312 valence electrons. The van der Waals surface area contributed by atoms with Crippen molar-refractivity contribution in [1.29, 1.82) is 0 Å². The van der Waals surface area contributed by atoms with E-state index in [-0.39, 0.29) is 21.7 Å². The third-order valence-electron chi connectivity index (χ3n) is 11.5. The highest BCUT2D eigenvalue weighted by Gasteiger charge is 2.29. The van der Waals surface area contributed by atoms with Crippen LogP contribution in [0.2, 0.25) is 0 Å². The van der Waals surface area contributed by atoms with Gasteiger partial charge in [-0.3, -0.25) is 0 Å². The second-order valence-electron chi connectivity index (χ2n) is 20.5. The lowest BCUT2D eigenvalue weighted by Gasteiger charge is -2.29. The van der Waals surface area contributed by atoms with Crippen LogP contribution in [0.1, 0.15) is 163 Å². The maximum Gasteiger partial charge on any atom is 0.126 e. The van der Waals surface area contributed by atoms with Gasteiger partial charge in [-0.2, -0.15) is 0 Å². The predicted molar refractivity (Wildman–Crippen MR) is 246 cm³/mol. The lowest BCUT2D eigenvalue weighted by Crippen LogP contribution is -2.17. The van der Waals surface area contributed by atoms with Crippen molar-refractivity contribution in [3.8, 4) is 23.0 Å². The quantitative estimate of drug-likeness (QED) is 0.104. The Balaban J connectivity index is 1.98. The van der Waals surface area contributed by atoms with Gasteiger partial charge in [0.1, 0.15) is 23.0 Å². The molecule has 4 aromatic rings. The lowest BCUT2D eigenvalue weighted by atomic mass is 9.79. The molecule has 0 unspecified atom stereocenters. The Kier molecular flexibility index (Phi) is 13.4. The number of rotatable bonds is 10. The molecular weight excluding hydrogens is 713 g/mol. The summed E-state index contributed by atoms with van der Waals surface area (Å²) in [4.78, 5) is 0. The van der Waals surface area contributed by atoms with Gasteiger partial charge in [0, 0.05) is 25.7 Å². The van der Waals surface area contributed by atoms with Gasteiger partial charge in [0.25, 0.3) is 0 Å². The first kappa shape index (κ1) is 44.7. The first-order valence-corrected chi connectivity index (χ1v) is 21.3. The zero-order valence-corrected chi connectivity index (χ0v) is 38.5. The Bertz CT molecular complexity index is 1870. The van der Waals surface area contributed by atoms with Gasteiger partial charge in [-0.15, -0.1) is 13.2 Å². The number of methoxy groups -OCH3 is 2. The fraction of sp³-hybridized carbons (Fsp3) is 0.481. The molecule has 0 N–H and O–H groups in total. The summed E-state index contributed by atoms with van der Waals surface area (Å²) in [6.45, 7) is 36.7. The standard InChI is InChI=1S/C54H72O4/c1-17-19-21-57-49-39-23-35-27-43(51(3,4)5)29-37(47(35)55-15)25-41-33-46(54(12,13)14)34-42(50(41)58-22-20-18-2)26-38-30-44(52(6,7)8)28-36(48(38)56-16)24-40(49)32-45(31-39)53(9,10)11/h17-18,27-34H,1-2,19-26H2,3-16H3. The molecule has 0 radical (unpaired) electrons. The van der Waals surface area contributed by atoms with E-state index in [4.69, 9.17) is 18.9 Å². The van der Waals surface area contributed by atoms with Crippen LogP contribution in [0, 0.1) is 0 Å². The average molecular weight is 785 g/mol. The summed E-state index contributed by atoms with van der Waals surface area (Å²) in [5.74, 6) is 3.71.